The van der Waals surface area contributed by atoms with Gasteiger partial charge in [-0.2, -0.15) is 0 Å². The van der Waals surface area contributed by atoms with Gasteiger partial charge in [-0.1, -0.05) is 29.5 Å². The summed E-state index contributed by atoms with van der Waals surface area (Å²) in [5, 5.41) is 3.59. The van der Waals surface area contributed by atoms with Gasteiger partial charge in [-0.25, -0.2) is 4.98 Å². The summed E-state index contributed by atoms with van der Waals surface area (Å²) in [4.78, 5) is 15.3. The summed E-state index contributed by atoms with van der Waals surface area (Å²) >= 11 is 1.14. The lowest BCUT2D eigenvalue weighted by Crippen LogP contribution is -2.10. The van der Waals surface area contributed by atoms with E-state index in [-0.39, 0.29) is 10.7 Å². The Hall–Kier alpha value is -2.08. The topological polar surface area (TPSA) is 94.0 Å². The highest BCUT2D eigenvalue weighted by Crippen LogP contribution is 2.26. The standard InChI is InChI=1S/C10H10N4OS/c11-8-7(9(12)15)16-10(14-8)13-6-4-2-1-3-5-6/h1-5H,11H2,(H2,12,15)(H,13,14). The second-order valence-electron chi connectivity index (χ2n) is 3.09. The molecule has 1 amide bonds. The van der Waals surface area contributed by atoms with Crippen LogP contribution >= 0.6 is 11.3 Å². The van der Waals surface area contributed by atoms with Gasteiger partial charge in [0, 0.05) is 5.69 Å². The maximum Gasteiger partial charge on any atom is 0.262 e. The van der Waals surface area contributed by atoms with Gasteiger partial charge < -0.3 is 16.8 Å². The number of nitrogens with zero attached hydrogens (tertiary/aromatic N) is 1. The number of aromatic nitrogens is 1. The number of carbonyl (C=O) groups excluding carboxylic acids is 1. The van der Waals surface area contributed by atoms with Gasteiger partial charge in [-0.05, 0) is 12.1 Å². The average Bonchev–Trinajstić information content (AvgIpc) is 2.61. The molecule has 0 atom stereocenters. The molecule has 0 aliphatic heterocycles. The van der Waals surface area contributed by atoms with Crippen LogP contribution in [0.5, 0.6) is 0 Å². The fourth-order valence-electron chi connectivity index (χ4n) is 1.21. The molecular weight excluding hydrogens is 224 g/mol. The average molecular weight is 234 g/mol. The third kappa shape index (κ3) is 2.12. The molecule has 0 aliphatic rings. The molecule has 0 spiro atoms. The Morgan fingerprint density at radius 2 is 2.00 bits per heavy atom. The molecule has 2 aromatic rings. The first-order chi connectivity index (χ1) is 7.66. The molecule has 0 unspecified atom stereocenters. The lowest BCUT2D eigenvalue weighted by atomic mass is 10.3. The number of thiazole rings is 1. The van der Waals surface area contributed by atoms with E-state index in [1.165, 1.54) is 0 Å². The molecular formula is C10H10N4OS. The molecule has 0 aliphatic carbocycles. The Bertz CT molecular complexity index is 509. The summed E-state index contributed by atoms with van der Waals surface area (Å²) in [6, 6.07) is 9.49. The number of hydrogen-bond donors (Lipinski definition) is 3. The van der Waals surface area contributed by atoms with Crippen molar-refractivity contribution < 1.29 is 4.79 Å². The minimum Gasteiger partial charge on any atom is -0.382 e. The largest absolute Gasteiger partial charge is 0.382 e. The lowest BCUT2D eigenvalue weighted by Gasteiger charge is -1.99. The van der Waals surface area contributed by atoms with Crippen molar-refractivity contribution in [3.05, 3.63) is 35.2 Å². The first-order valence-corrected chi connectivity index (χ1v) is 5.36. The van der Waals surface area contributed by atoms with Crippen molar-refractivity contribution in [1.29, 1.82) is 0 Å². The molecule has 1 aromatic heterocycles. The molecule has 6 heteroatoms. The smallest absolute Gasteiger partial charge is 0.262 e. The van der Waals surface area contributed by atoms with Gasteiger partial charge >= 0.3 is 0 Å². The van der Waals surface area contributed by atoms with Crippen molar-refractivity contribution in [2.45, 2.75) is 0 Å². The van der Waals surface area contributed by atoms with E-state index in [9.17, 15) is 4.79 Å². The molecule has 0 fully saturated rings. The minimum atomic E-state index is -0.559. The molecule has 0 saturated carbocycles. The zero-order valence-electron chi connectivity index (χ0n) is 8.31. The van der Waals surface area contributed by atoms with Gasteiger partial charge in [0.15, 0.2) is 5.13 Å². The van der Waals surface area contributed by atoms with Crippen molar-refractivity contribution in [1.82, 2.24) is 4.98 Å². The first-order valence-electron chi connectivity index (χ1n) is 4.55. The predicted octanol–water partition coefficient (Wildman–Crippen LogP) is 1.57. The molecule has 0 saturated heterocycles. The number of primary amides is 1. The third-order valence-corrected chi connectivity index (χ3v) is 2.90. The van der Waals surface area contributed by atoms with Crippen LogP contribution in [-0.4, -0.2) is 10.9 Å². The monoisotopic (exact) mass is 234 g/mol. The van der Waals surface area contributed by atoms with Gasteiger partial charge in [0.1, 0.15) is 10.7 Å². The number of amides is 1. The van der Waals surface area contributed by atoms with Gasteiger partial charge in [0.05, 0.1) is 0 Å². The van der Waals surface area contributed by atoms with Crippen LogP contribution in [0.1, 0.15) is 9.67 Å². The number of nitrogens with two attached hydrogens (primary N) is 2. The van der Waals surface area contributed by atoms with Gasteiger partial charge in [0.25, 0.3) is 5.91 Å². The molecule has 1 aromatic carbocycles. The van der Waals surface area contributed by atoms with Gasteiger partial charge in [-0.15, -0.1) is 0 Å². The second-order valence-corrected chi connectivity index (χ2v) is 4.09. The van der Waals surface area contributed by atoms with E-state index < -0.39 is 5.91 Å². The number of nitrogens with one attached hydrogen (secondary N) is 1. The van der Waals surface area contributed by atoms with Gasteiger partial charge in [-0.3, -0.25) is 4.79 Å². The Morgan fingerprint density at radius 3 is 2.56 bits per heavy atom. The Balaban J connectivity index is 2.23. The summed E-state index contributed by atoms with van der Waals surface area (Å²) < 4.78 is 0. The molecule has 82 valence electrons. The predicted molar refractivity (Wildman–Crippen MR) is 64.8 cm³/mol. The van der Waals surface area contributed by atoms with E-state index >= 15 is 0 Å². The van der Waals surface area contributed by atoms with E-state index in [0.29, 0.717) is 5.13 Å². The highest BCUT2D eigenvalue weighted by atomic mass is 32.1. The van der Waals surface area contributed by atoms with E-state index in [4.69, 9.17) is 11.5 Å². The zero-order chi connectivity index (χ0) is 11.5. The van der Waals surface area contributed by atoms with E-state index in [2.05, 4.69) is 10.3 Å². The van der Waals surface area contributed by atoms with Crippen molar-refractivity contribution >= 4 is 33.9 Å². The molecule has 5 nitrogen and oxygen atoms in total. The summed E-state index contributed by atoms with van der Waals surface area (Å²) in [7, 11) is 0. The lowest BCUT2D eigenvalue weighted by molar-refractivity contribution is 0.100. The van der Waals surface area contributed by atoms with Crippen LogP contribution in [0.3, 0.4) is 0 Å². The molecule has 5 N–H and O–H groups in total. The molecule has 16 heavy (non-hydrogen) atoms. The van der Waals surface area contributed by atoms with Crippen LogP contribution in [-0.2, 0) is 0 Å². The van der Waals surface area contributed by atoms with E-state index in [1.54, 1.807) is 0 Å². The van der Waals surface area contributed by atoms with E-state index in [0.717, 1.165) is 17.0 Å². The summed E-state index contributed by atoms with van der Waals surface area (Å²) in [6.45, 7) is 0. The van der Waals surface area contributed by atoms with Crippen LogP contribution in [0, 0.1) is 0 Å². The fraction of sp³-hybridized carbons (Fsp3) is 0. The van der Waals surface area contributed by atoms with Crippen LogP contribution in [0.25, 0.3) is 0 Å². The molecule has 2 rings (SSSR count). The molecule has 1 heterocycles. The number of para-hydroxylation sites is 1. The van der Waals surface area contributed by atoms with Crippen molar-refractivity contribution in [2.24, 2.45) is 5.73 Å². The van der Waals surface area contributed by atoms with Crippen LogP contribution in [0.4, 0.5) is 16.6 Å². The van der Waals surface area contributed by atoms with Crippen LogP contribution in [0.2, 0.25) is 0 Å². The molecule has 0 bridgehead atoms. The third-order valence-electron chi connectivity index (χ3n) is 1.90. The maximum atomic E-state index is 11.0. The fourth-order valence-corrected chi connectivity index (χ4v) is 1.96. The summed E-state index contributed by atoms with van der Waals surface area (Å²) in [5.41, 5.74) is 11.6. The second kappa shape index (κ2) is 4.19. The first kappa shape index (κ1) is 10.4. The molecule has 0 radical (unpaired) electrons. The Labute approximate surface area is 96.1 Å². The Kier molecular flexibility index (Phi) is 2.74. The Morgan fingerprint density at radius 1 is 1.31 bits per heavy atom. The van der Waals surface area contributed by atoms with Gasteiger partial charge in [0.2, 0.25) is 0 Å². The summed E-state index contributed by atoms with van der Waals surface area (Å²) in [5.74, 6) is -0.396. The van der Waals surface area contributed by atoms with Crippen molar-refractivity contribution in [3.8, 4) is 0 Å². The van der Waals surface area contributed by atoms with E-state index in [1.807, 2.05) is 30.3 Å². The van der Waals surface area contributed by atoms with Crippen LogP contribution < -0.4 is 16.8 Å². The SMILES string of the molecule is NC(=O)c1sc(Nc2ccccc2)nc1N. The maximum absolute atomic E-state index is 11.0. The number of anilines is 3. The summed E-state index contributed by atoms with van der Waals surface area (Å²) in [6.07, 6.45) is 0. The quantitative estimate of drug-likeness (QED) is 0.751. The minimum absolute atomic E-state index is 0.163. The zero-order valence-corrected chi connectivity index (χ0v) is 9.12. The number of rotatable bonds is 3. The number of benzene rings is 1. The normalized spacial score (nSPS) is 10.0. The van der Waals surface area contributed by atoms with Crippen LogP contribution in [0.15, 0.2) is 30.3 Å². The number of hydrogen-bond acceptors (Lipinski definition) is 5. The highest BCUT2D eigenvalue weighted by molar-refractivity contribution is 7.18. The number of nitrogen functional groups attached to an aromatic ring is 1. The van der Waals surface area contributed by atoms with Crippen molar-refractivity contribution in [3.63, 3.8) is 0 Å². The number of carbonyl (C=O) groups is 1. The van der Waals surface area contributed by atoms with Crippen molar-refractivity contribution in [2.75, 3.05) is 11.1 Å². The highest BCUT2D eigenvalue weighted by Gasteiger charge is 2.12.